The van der Waals surface area contributed by atoms with Crippen LogP contribution in [0, 0.1) is 5.92 Å². The molecular formula is C18H20BrN3O4. The average Bonchev–Trinajstić information content (AvgIpc) is 3.16. The van der Waals surface area contributed by atoms with Crippen LogP contribution in [0.5, 0.6) is 0 Å². The van der Waals surface area contributed by atoms with Gasteiger partial charge in [-0.25, -0.2) is 0 Å². The van der Waals surface area contributed by atoms with Crippen LogP contribution < -0.4 is 10.9 Å². The highest BCUT2D eigenvalue weighted by molar-refractivity contribution is 9.10. The molecule has 0 bridgehead atoms. The van der Waals surface area contributed by atoms with Gasteiger partial charge in [-0.2, -0.15) is 0 Å². The number of carbonyl (C=O) groups is 2. The van der Waals surface area contributed by atoms with E-state index in [1.807, 2.05) is 6.07 Å². The summed E-state index contributed by atoms with van der Waals surface area (Å²) in [4.78, 5) is 38.2. The molecule has 1 fully saturated rings. The van der Waals surface area contributed by atoms with Crippen LogP contribution in [0.2, 0.25) is 0 Å². The SMILES string of the molecule is O=C(NCc1ccco1)C1CCN(C(=O)Cn2cc(Br)ccc2=O)CC1. The van der Waals surface area contributed by atoms with Crippen molar-refractivity contribution >= 4 is 27.7 Å². The fourth-order valence-corrected chi connectivity index (χ4v) is 3.37. The minimum Gasteiger partial charge on any atom is -0.467 e. The normalized spacial score (nSPS) is 15.0. The molecule has 138 valence electrons. The van der Waals surface area contributed by atoms with Crippen molar-refractivity contribution in [1.82, 2.24) is 14.8 Å². The van der Waals surface area contributed by atoms with Crippen molar-refractivity contribution in [2.45, 2.75) is 25.9 Å². The van der Waals surface area contributed by atoms with Crippen molar-refractivity contribution in [3.05, 3.63) is 57.3 Å². The Bertz CT molecular complexity index is 823. The highest BCUT2D eigenvalue weighted by atomic mass is 79.9. The van der Waals surface area contributed by atoms with E-state index in [4.69, 9.17) is 4.42 Å². The molecule has 0 aromatic carbocycles. The minimum absolute atomic E-state index is 0.00757. The topological polar surface area (TPSA) is 84.6 Å². The second kappa shape index (κ2) is 8.35. The molecule has 0 atom stereocenters. The molecule has 0 aliphatic carbocycles. The molecule has 0 radical (unpaired) electrons. The molecule has 8 heteroatoms. The number of likely N-dealkylation sites (tertiary alicyclic amines) is 1. The van der Waals surface area contributed by atoms with Crippen molar-refractivity contribution in [3.63, 3.8) is 0 Å². The highest BCUT2D eigenvalue weighted by Crippen LogP contribution is 2.18. The molecule has 0 spiro atoms. The molecule has 3 rings (SSSR count). The summed E-state index contributed by atoms with van der Waals surface area (Å²) in [6, 6.07) is 6.66. The number of nitrogens with one attached hydrogen (secondary N) is 1. The summed E-state index contributed by atoms with van der Waals surface area (Å²) >= 11 is 3.30. The van der Waals surface area contributed by atoms with Crippen LogP contribution >= 0.6 is 15.9 Å². The Balaban J connectivity index is 1.48. The number of rotatable bonds is 5. The van der Waals surface area contributed by atoms with Gasteiger partial charge in [0, 0.05) is 35.7 Å². The van der Waals surface area contributed by atoms with Gasteiger partial charge in [-0.3, -0.25) is 14.4 Å². The Labute approximate surface area is 159 Å². The van der Waals surface area contributed by atoms with Gasteiger partial charge in [-0.15, -0.1) is 0 Å². The van der Waals surface area contributed by atoms with E-state index in [1.165, 1.54) is 10.6 Å². The Morgan fingerprint density at radius 1 is 1.23 bits per heavy atom. The van der Waals surface area contributed by atoms with Crippen LogP contribution in [-0.2, 0) is 22.7 Å². The quantitative estimate of drug-likeness (QED) is 0.796. The lowest BCUT2D eigenvalue weighted by molar-refractivity contribution is -0.136. The molecule has 1 saturated heterocycles. The number of hydrogen-bond acceptors (Lipinski definition) is 4. The molecule has 3 heterocycles. The Hall–Kier alpha value is -2.35. The van der Waals surface area contributed by atoms with Crippen LogP contribution in [0.25, 0.3) is 0 Å². The first-order valence-corrected chi connectivity index (χ1v) is 9.26. The van der Waals surface area contributed by atoms with Crippen LogP contribution in [0.1, 0.15) is 18.6 Å². The second-order valence-electron chi connectivity index (χ2n) is 6.27. The predicted octanol–water partition coefficient (Wildman–Crippen LogP) is 1.76. The molecule has 2 aromatic rings. The number of piperidine rings is 1. The number of nitrogens with zero attached hydrogens (tertiary/aromatic N) is 2. The zero-order valence-corrected chi connectivity index (χ0v) is 15.8. The van der Waals surface area contributed by atoms with Gasteiger partial charge in [-0.05, 0) is 47.0 Å². The first-order valence-electron chi connectivity index (χ1n) is 8.47. The van der Waals surface area contributed by atoms with E-state index < -0.39 is 0 Å². The molecular weight excluding hydrogens is 402 g/mol. The number of hydrogen-bond donors (Lipinski definition) is 1. The second-order valence-corrected chi connectivity index (χ2v) is 7.18. The maximum Gasteiger partial charge on any atom is 0.251 e. The van der Waals surface area contributed by atoms with Crippen molar-refractivity contribution in [2.24, 2.45) is 5.92 Å². The van der Waals surface area contributed by atoms with Gasteiger partial charge < -0.3 is 19.2 Å². The number of pyridine rings is 1. The summed E-state index contributed by atoms with van der Waals surface area (Å²) in [6.45, 7) is 1.41. The van der Waals surface area contributed by atoms with Crippen molar-refractivity contribution < 1.29 is 14.0 Å². The summed E-state index contributed by atoms with van der Waals surface area (Å²) in [5, 5.41) is 2.87. The number of carbonyl (C=O) groups excluding carboxylic acids is 2. The number of halogens is 1. The molecule has 2 aromatic heterocycles. The van der Waals surface area contributed by atoms with E-state index in [1.54, 1.807) is 29.5 Å². The van der Waals surface area contributed by atoms with Crippen LogP contribution in [-0.4, -0.2) is 34.4 Å². The lowest BCUT2D eigenvalue weighted by Crippen LogP contribution is -2.44. The van der Waals surface area contributed by atoms with Gasteiger partial charge in [0.2, 0.25) is 11.8 Å². The van der Waals surface area contributed by atoms with Crippen LogP contribution in [0.15, 0.2) is 50.4 Å². The predicted molar refractivity (Wildman–Crippen MR) is 98.3 cm³/mol. The smallest absolute Gasteiger partial charge is 0.251 e. The van der Waals surface area contributed by atoms with Crippen LogP contribution in [0.4, 0.5) is 0 Å². The maximum absolute atomic E-state index is 12.4. The van der Waals surface area contributed by atoms with Gasteiger partial charge in [-0.1, -0.05) is 0 Å². The Morgan fingerprint density at radius 3 is 2.69 bits per heavy atom. The van der Waals surface area contributed by atoms with E-state index in [0.717, 1.165) is 4.47 Å². The summed E-state index contributed by atoms with van der Waals surface area (Å²) < 4.78 is 7.33. The minimum atomic E-state index is -0.214. The van der Waals surface area contributed by atoms with E-state index in [2.05, 4.69) is 21.2 Å². The fourth-order valence-electron chi connectivity index (χ4n) is 2.99. The summed E-state index contributed by atoms with van der Waals surface area (Å²) in [6.07, 6.45) is 4.41. The molecule has 1 aliphatic heterocycles. The van der Waals surface area contributed by atoms with E-state index >= 15 is 0 Å². The molecule has 1 N–H and O–H groups in total. The molecule has 0 saturated carbocycles. The standard InChI is InChI=1S/C18H20BrN3O4/c19-14-3-4-16(23)22(11-14)12-17(24)21-7-5-13(6-8-21)18(25)20-10-15-2-1-9-26-15/h1-4,9,11,13H,5-8,10,12H2,(H,20,25). The Kier molecular flexibility index (Phi) is 5.92. The largest absolute Gasteiger partial charge is 0.467 e. The summed E-state index contributed by atoms with van der Waals surface area (Å²) in [7, 11) is 0. The zero-order valence-electron chi connectivity index (χ0n) is 14.2. The highest BCUT2D eigenvalue weighted by Gasteiger charge is 2.27. The fraction of sp³-hybridized carbons (Fsp3) is 0.389. The first-order chi connectivity index (χ1) is 12.5. The van der Waals surface area contributed by atoms with Crippen molar-refractivity contribution in [2.75, 3.05) is 13.1 Å². The third kappa shape index (κ3) is 4.63. The van der Waals surface area contributed by atoms with Gasteiger partial charge in [0.1, 0.15) is 12.3 Å². The third-order valence-electron chi connectivity index (χ3n) is 4.49. The van der Waals surface area contributed by atoms with Gasteiger partial charge in [0.15, 0.2) is 0 Å². The summed E-state index contributed by atoms with van der Waals surface area (Å²) in [5.74, 6) is 0.476. The van der Waals surface area contributed by atoms with Gasteiger partial charge >= 0.3 is 0 Å². The third-order valence-corrected chi connectivity index (χ3v) is 4.96. The van der Waals surface area contributed by atoms with Gasteiger partial charge in [0.25, 0.3) is 5.56 Å². The number of aromatic nitrogens is 1. The maximum atomic E-state index is 12.4. The molecule has 2 amide bonds. The van der Waals surface area contributed by atoms with E-state index in [-0.39, 0.29) is 29.8 Å². The van der Waals surface area contributed by atoms with Gasteiger partial charge in [0.05, 0.1) is 12.8 Å². The average molecular weight is 422 g/mol. The monoisotopic (exact) mass is 421 g/mol. The number of amides is 2. The zero-order chi connectivity index (χ0) is 18.5. The summed E-state index contributed by atoms with van der Waals surface area (Å²) in [5.41, 5.74) is -0.214. The molecule has 7 nitrogen and oxygen atoms in total. The number of furan rings is 1. The lowest BCUT2D eigenvalue weighted by Gasteiger charge is -2.31. The Morgan fingerprint density at radius 2 is 2.00 bits per heavy atom. The molecule has 26 heavy (non-hydrogen) atoms. The first kappa shape index (κ1) is 18.4. The molecule has 1 aliphatic rings. The van der Waals surface area contributed by atoms with E-state index in [9.17, 15) is 14.4 Å². The molecule has 0 unspecified atom stereocenters. The van der Waals surface area contributed by atoms with E-state index in [0.29, 0.717) is 38.2 Å². The van der Waals surface area contributed by atoms with Crippen LogP contribution in [0.3, 0.4) is 0 Å². The lowest BCUT2D eigenvalue weighted by atomic mass is 9.96. The van der Waals surface area contributed by atoms with Crippen molar-refractivity contribution in [3.8, 4) is 0 Å². The van der Waals surface area contributed by atoms with Crippen molar-refractivity contribution in [1.29, 1.82) is 0 Å².